The second kappa shape index (κ2) is 10.6. The van der Waals surface area contributed by atoms with Gasteiger partial charge >= 0.3 is 5.97 Å². The first-order chi connectivity index (χ1) is 15.2. The molecule has 0 saturated carbocycles. The van der Waals surface area contributed by atoms with Crippen LogP contribution in [0.4, 0.5) is 0 Å². The molecule has 4 rings (SSSR count). The first-order valence-electron chi connectivity index (χ1n) is 11.1. The average molecular weight is 423 g/mol. The predicted molar refractivity (Wildman–Crippen MR) is 118 cm³/mol. The molecule has 164 valence electrons. The molecule has 1 atom stereocenters. The maximum atomic E-state index is 13.2. The molecule has 2 aliphatic rings. The van der Waals surface area contributed by atoms with Crippen LogP contribution >= 0.6 is 0 Å². The molecule has 31 heavy (non-hydrogen) atoms. The van der Waals surface area contributed by atoms with Gasteiger partial charge in [0.2, 0.25) is 6.10 Å². The van der Waals surface area contributed by atoms with Gasteiger partial charge in [-0.05, 0) is 37.0 Å². The van der Waals surface area contributed by atoms with E-state index in [4.69, 9.17) is 9.47 Å². The van der Waals surface area contributed by atoms with Crippen LogP contribution < -0.4 is 0 Å². The normalized spacial score (nSPS) is 18.4. The second-order valence-electron chi connectivity index (χ2n) is 8.17. The summed E-state index contributed by atoms with van der Waals surface area (Å²) in [6, 6.07) is 16.8. The van der Waals surface area contributed by atoms with Crippen molar-refractivity contribution in [1.82, 2.24) is 9.80 Å². The average Bonchev–Trinajstić information content (AvgIpc) is 2.84. The second-order valence-corrected chi connectivity index (χ2v) is 8.17. The Morgan fingerprint density at radius 1 is 0.871 bits per heavy atom. The Kier molecular flexibility index (Phi) is 7.33. The number of amides is 1. The van der Waals surface area contributed by atoms with Crippen LogP contribution in [0, 0.1) is 0 Å². The Morgan fingerprint density at radius 3 is 2.23 bits per heavy atom. The summed E-state index contributed by atoms with van der Waals surface area (Å²) in [4.78, 5) is 30.2. The lowest BCUT2D eigenvalue weighted by Crippen LogP contribution is -2.40. The van der Waals surface area contributed by atoms with Gasteiger partial charge in [-0.15, -0.1) is 0 Å². The van der Waals surface area contributed by atoms with E-state index in [2.05, 4.69) is 4.90 Å². The summed E-state index contributed by atoms with van der Waals surface area (Å²) in [5, 5.41) is 0. The molecule has 2 saturated heterocycles. The van der Waals surface area contributed by atoms with E-state index in [9.17, 15) is 9.59 Å². The zero-order valence-corrected chi connectivity index (χ0v) is 17.9. The summed E-state index contributed by atoms with van der Waals surface area (Å²) < 4.78 is 11.2. The quantitative estimate of drug-likeness (QED) is 0.668. The van der Waals surface area contributed by atoms with Crippen LogP contribution in [0.3, 0.4) is 0 Å². The van der Waals surface area contributed by atoms with E-state index >= 15 is 0 Å². The lowest BCUT2D eigenvalue weighted by atomic mass is 10.1. The molecule has 0 bridgehead atoms. The minimum absolute atomic E-state index is 0.136. The van der Waals surface area contributed by atoms with Gasteiger partial charge in [-0.2, -0.15) is 0 Å². The van der Waals surface area contributed by atoms with E-state index < -0.39 is 12.1 Å². The number of hydrogen-bond acceptors (Lipinski definition) is 5. The van der Waals surface area contributed by atoms with Gasteiger partial charge in [0.15, 0.2) is 0 Å². The molecule has 2 aliphatic heterocycles. The number of rotatable bonds is 6. The molecule has 1 amide bonds. The van der Waals surface area contributed by atoms with Gasteiger partial charge in [-0.1, -0.05) is 42.5 Å². The molecule has 2 heterocycles. The molecule has 6 nitrogen and oxygen atoms in total. The van der Waals surface area contributed by atoms with Crippen LogP contribution in [0.2, 0.25) is 0 Å². The predicted octanol–water partition coefficient (Wildman–Crippen LogP) is 3.43. The fourth-order valence-corrected chi connectivity index (χ4v) is 4.11. The molecule has 0 spiro atoms. The molecule has 0 unspecified atom stereocenters. The topological polar surface area (TPSA) is 59.1 Å². The smallest absolute Gasteiger partial charge is 0.339 e. The van der Waals surface area contributed by atoms with Gasteiger partial charge in [0.1, 0.15) is 0 Å². The van der Waals surface area contributed by atoms with Crippen molar-refractivity contribution < 1.29 is 19.1 Å². The van der Waals surface area contributed by atoms with Crippen LogP contribution in [-0.2, 0) is 20.8 Å². The summed E-state index contributed by atoms with van der Waals surface area (Å²) in [5.41, 5.74) is 2.30. The van der Waals surface area contributed by atoms with E-state index in [1.807, 2.05) is 47.4 Å². The lowest BCUT2D eigenvalue weighted by Gasteiger charge is -2.30. The monoisotopic (exact) mass is 422 g/mol. The summed E-state index contributed by atoms with van der Waals surface area (Å²) >= 11 is 0. The highest BCUT2D eigenvalue weighted by Gasteiger charge is 2.30. The minimum atomic E-state index is -0.917. The maximum absolute atomic E-state index is 13.2. The van der Waals surface area contributed by atoms with Gasteiger partial charge in [0.05, 0.1) is 18.8 Å². The molecular formula is C25H30N2O4. The molecule has 0 radical (unpaired) electrons. The minimum Gasteiger partial charge on any atom is -0.444 e. The molecule has 0 N–H and O–H groups in total. The number of hydrogen-bond donors (Lipinski definition) is 0. The number of carbonyl (C=O) groups is 2. The SMILES string of the molecule is O=C(O[C@@H](C(=O)N1CCCCC1)c1ccccc1)c1ccc(CN2CCOCC2)cc1. The number of ether oxygens (including phenoxy) is 2. The fraction of sp³-hybridized carbons (Fsp3) is 0.440. The number of piperidine rings is 1. The van der Waals surface area contributed by atoms with Crippen LogP contribution in [-0.4, -0.2) is 61.1 Å². The van der Waals surface area contributed by atoms with Gasteiger partial charge in [-0.25, -0.2) is 4.79 Å². The molecule has 2 aromatic rings. The third-order valence-electron chi connectivity index (χ3n) is 5.92. The van der Waals surface area contributed by atoms with Crippen LogP contribution in [0.1, 0.15) is 46.9 Å². The third kappa shape index (κ3) is 5.71. The summed E-state index contributed by atoms with van der Waals surface area (Å²) in [6.07, 6.45) is 2.20. The Bertz CT molecular complexity index is 857. The molecular weight excluding hydrogens is 392 g/mol. The Hall–Kier alpha value is -2.70. The van der Waals surface area contributed by atoms with Crippen molar-refractivity contribution in [2.45, 2.75) is 31.9 Å². The highest BCUT2D eigenvalue weighted by atomic mass is 16.5. The zero-order valence-electron chi connectivity index (χ0n) is 17.9. The highest BCUT2D eigenvalue weighted by molar-refractivity contribution is 5.92. The Balaban J connectivity index is 1.44. The van der Waals surface area contributed by atoms with Gasteiger partial charge in [0.25, 0.3) is 5.91 Å². The first-order valence-corrected chi connectivity index (χ1v) is 11.1. The van der Waals surface area contributed by atoms with E-state index in [1.165, 1.54) is 0 Å². The van der Waals surface area contributed by atoms with Gasteiger partial charge in [-0.3, -0.25) is 9.69 Å². The van der Waals surface area contributed by atoms with Crippen molar-refractivity contribution in [2.24, 2.45) is 0 Å². The van der Waals surface area contributed by atoms with Crippen molar-refractivity contribution in [3.05, 3.63) is 71.3 Å². The third-order valence-corrected chi connectivity index (χ3v) is 5.92. The maximum Gasteiger partial charge on any atom is 0.339 e. The standard InChI is InChI=1S/C25H30N2O4/c28-24(27-13-5-2-6-14-27)23(21-7-3-1-4-8-21)31-25(29)22-11-9-20(10-12-22)19-26-15-17-30-18-16-26/h1,3-4,7-12,23H,2,5-6,13-19H2/t23-/m1/s1. The van der Waals surface area contributed by atoms with E-state index in [0.717, 1.165) is 70.8 Å². The van der Waals surface area contributed by atoms with Gasteiger partial charge in [0, 0.05) is 38.3 Å². The van der Waals surface area contributed by atoms with Crippen molar-refractivity contribution in [3.63, 3.8) is 0 Å². The zero-order chi connectivity index (χ0) is 21.5. The largest absolute Gasteiger partial charge is 0.444 e. The fourth-order valence-electron chi connectivity index (χ4n) is 4.11. The molecule has 2 fully saturated rings. The Labute approximate surface area is 183 Å². The van der Waals surface area contributed by atoms with E-state index in [0.29, 0.717) is 11.1 Å². The highest BCUT2D eigenvalue weighted by Crippen LogP contribution is 2.24. The van der Waals surface area contributed by atoms with Crippen molar-refractivity contribution in [1.29, 1.82) is 0 Å². The molecule has 0 aromatic heterocycles. The van der Waals surface area contributed by atoms with Gasteiger partial charge < -0.3 is 14.4 Å². The molecule has 2 aromatic carbocycles. The molecule has 0 aliphatic carbocycles. The number of benzene rings is 2. The first kappa shape index (κ1) is 21.5. The van der Waals surface area contributed by atoms with Crippen LogP contribution in [0.15, 0.2) is 54.6 Å². The lowest BCUT2D eigenvalue weighted by molar-refractivity contribution is -0.142. The Morgan fingerprint density at radius 2 is 1.55 bits per heavy atom. The summed E-state index contributed by atoms with van der Waals surface area (Å²) in [5.74, 6) is -0.611. The van der Waals surface area contributed by atoms with Crippen molar-refractivity contribution >= 4 is 11.9 Å². The summed E-state index contributed by atoms with van der Waals surface area (Å²) in [7, 11) is 0. The molecule has 6 heteroatoms. The van der Waals surface area contributed by atoms with Crippen LogP contribution in [0.5, 0.6) is 0 Å². The van der Waals surface area contributed by atoms with E-state index in [-0.39, 0.29) is 5.91 Å². The number of carbonyl (C=O) groups excluding carboxylic acids is 2. The summed E-state index contributed by atoms with van der Waals surface area (Å²) in [6.45, 7) is 5.62. The number of morpholine rings is 1. The number of likely N-dealkylation sites (tertiary alicyclic amines) is 1. The number of esters is 1. The van der Waals surface area contributed by atoms with Crippen molar-refractivity contribution in [3.8, 4) is 0 Å². The van der Waals surface area contributed by atoms with Crippen molar-refractivity contribution in [2.75, 3.05) is 39.4 Å². The van der Waals surface area contributed by atoms with Crippen LogP contribution in [0.25, 0.3) is 0 Å². The van der Waals surface area contributed by atoms with E-state index in [1.54, 1.807) is 12.1 Å². The number of nitrogens with zero attached hydrogens (tertiary/aromatic N) is 2.